The molecule has 0 radical (unpaired) electrons. The lowest BCUT2D eigenvalue weighted by Crippen LogP contribution is -3.11. The van der Waals surface area contributed by atoms with Crippen LogP contribution in [-0.4, -0.2) is 25.5 Å². The molecule has 0 spiro atoms. The van der Waals surface area contributed by atoms with E-state index in [0.717, 1.165) is 58.3 Å². The van der Waals surface area contributed by atoms with E-state index in [2.05, 4.69) is 43.4 Å². The summed E-state index contributed by atoms with van der Waals surface area (Å²) in [6.07, 6.45) is 5.38. The fourth-order valence-electron chi connectivity index (χ4n) is 3.18. The van der Waals surface area contributed by atoms with E-state index in [1.807, 2.05) is 0 Å². The monoisotopic (exact) mass is 303 g/mol. The number of hydrogen-bond acceptors (Lipinski definition) is 1. The molecule has 1 heterocycles. The molecule has 3 heteroatoms. The quantitative estimate of drug-likeness (QED) is 0.742. The van der Waals surface area contributed by atoms with Crippen LogP contribution in [0.1, 0.15) is 50.7 Å². The number of quaternary nitrogens is 1. The minimum absolute atomic E-state index is 0.239. The van der Waals surface area contributed by atoms with Gasteiger partial charge < -0.3 is 10.2 Å². The molecule has 1 aromatic rings. The summed E-state index contributed by atoms with van der Waals surface area (Å²) in [4.78, 5) is 13.7. The maximum atomic E-state index is 12.1. The number of rotatable bonds is 7. The highest BCUT2D eigenvalue weighted by Gasteiger charge is 2.27. The zero-order valence-corrected chi connectivity index (χ0v) is 14.2. The zero-order chi connectivity index (χ0) is 15.8. The number of unbranched alkanes of at least 4 members (excludes halogenated alkanes) is 1. The topological polar surface area (TPSA) is 33.5 Å². The molecule has 0 aliphatic carbocycles. The number of carbonyl (C=O) groups excluding carboxylic acids is 1. The normalized spacial score (nSPS) is 21.5. The Balaban J connectivity index is 1.73. The molecule has 2 N–H and O–H groups in total. The van der Waals surface area contributed by atoms with Crippen molar-refractivity contribution in [1.29, 1.82) is 0 Å². The SMILES string of the molecule is CCCCNC(=O)C1CC[NH+](Cc2ccc(CC)cc2)CC1. The Morgan fingerprint density at radius 2 is 1.77 bits per heavy atom. The summed E-state index contributed by atoms with van der Waals surface area (Å²) in [7, 11) is 0. The standard InChI is InChI=1S/C19H30N2O/c1-3-5-12-20-19(22)18-10-13-21(14-11-18)15-17-8-6-16(4-2)7-9-17/h6-9,18H,3-5,10-15H2,1-2H3,(H,20,22)/p+1. The Morgan fingerprint density at radius 1 is 1.14 bits per heavy atom. The van der Waals surface area contributed by atoms with E-state index in [9.17, 15) is 4.79 Å². The maximum absolute atomic E-state index is 12.1. The average Bonchev–Trinajstić information content (AvgIpc) is 2.56. The van der Waals surface area contributed by atoms with Crippen molar-refractivity contribution < 1.29 is 9.69 Å². The Labute approximate surface area is 135 Å². The van der Waals surface area contributed by atoms with Gasteiger partial charge in [0.25, 0.3) is 0 Å². The molecule has 1 amide bonds. The van der Waals surface area contributed by atoms with Gasteiger partial charge in [0.05, 0.1) is 13.1 Å². The molecule has 0 unspecified atom stereocenters. The molecule has 3 nitrogen and oxygen atoms in total. The second kappa shape index (κ2) is 8.94. The van der Waals surface area contributed by atoms with Gasteiger partial charge in [-0.05, 0) is 18.4 Å². The predicted molar refractivity (Wildman–Crippen MR) is 90.9 cm³/mol. The fourth-order valence-corrected chi connectivity index (χ4v) is 3.18. The Bertz CT molecular complexity index is 447. The molecule has 0 aromatic heterocycles. The largest absolute Gasteiger partial charge is 0.356 e. The van der Waals surface area contributed by atoms with Gasteiger partial charge in [-0.15, -0.1) is 0 Å². The van der Waals surface area contributed by atoms with E-state index < -0.39 is 0 Å². The van der Waals surface area contributed by atoms with Crippen molar-refractivity contribution in [3.8, 4) is 0 Å². The molecule has 1 fully saturated rings. The summed E-state index contributed by atoms with van der Waals surface area (Å²) in [6, 6.07) is 9.00. The lowest BCUT2D eigenvalue weighted by atomic mass is 9.95. The predicted octanol–water partition coefficient (Wildman–Crippen LogP) is 1.96. The highest BCUT2D eigenvalue weighted by Crippen LogP contribution is 2.10. The van der Waals surface area contributed by atoms with Crippen molar-refractivity contribution in [2.75, 3.05) is 19.6 Å². The lowest BCUT2D eigenvalue weighted by molar-refractivity contribution is -0.919. The Morgan fingerprint density at radius 3 is 2.36 bits per heavy atom. The second-order valence-electron chi connectivity index (χ2n) is 6.52. The number of nitrogens with one attached hydrogen (secondary N) is 2. The molecule has 122 valence electrons. The molecule has 0 bridgehead atoms. The average molecular weight is 303 g/mol. The summed E-state index contributed by atoms with van der Waals surface area (Å²) >= 11 is 0. The highest BCUT2D eigenvalue weighted by molar-refractivity contribution is 5.78. The van der Waals surface area contributed by atoms with Gasteiger partial charge in [0.15, 0.2) is 0 Å². The Hall–Kier alpha value is -1.35. The molecule has 0 saturated carbocycles. The van der Waals surface area contributed by atoms with E-state index in [0.29, 0.717) is 0 Å². The molecule has 1 saturated heterocycles. The first kappa shape index (κ1) is 17.0. The van der Waals surface area contributed by atoms with Crippen LogP contribution >= 0.6 is 0 Å². The van der Waals surface area contributed by atoms with Crippen LogP contribution in [0.2, 0.25) is 0 Å². The first-order valence-corrected chi connectivity index (χ1v) is 8.92. The van der Waals surface area contributed by atoms with Gasteiger partial charge in [-0.2, -0.15) is 0 Å². The lowest BCUT2D eigenvalue weighted by Gasteiger charge is -2.28. The van der Waals surface area contributed by atoms with Gasteiger partial charge in [0.1, 0.15) is 6.54 Å². The molecule has 2 rings (SSSR count). The number of piperidine rings is 1. The maximum Gasteiger partial charge on any atom is 0.223 e. The van der Waals surface area contributed by atoms with Crippen molar-refractivity contribution in [1.82, 2.24) is 5.32 Å². The van der Waals surface area contributed by atoms with E-state index in [1.165, 1.54) is 11.1 Å². The number of aryl methyl sites for hydroxylation is 1. The molecule has 1 aromatic carbocycles. The number of carbonyl (C=O) groups is 1. The second-order valence-corrected chi connectivity index (χ2v) is 6.52. The minimum atomic E-state index is 0.239. The van der Waals surface area contributed by atoms with Crippen LogP contribution in [-0.2, 0) is 17.8 Å². The third-order valence-electron chi connectivity index (χ3n) is 4.78. The van der Waals surface area contributed by atoms with Crippen LogP contribution < -0.4 is 10.2 Å². The van der Waals surface area contributed by atoms with Crippen LogP contribution in [0.15, 0.2) is 24.3 Å². The molecule has 22 heavy (non-hydrogen) atoms. The zero-order valence-electron chi connectivity index (χ0n) is 14.2. The van der Waals surface area contributed by atoms with E-state index in [-0.39, 0.29) is 11.8 Å². The van der Waals surface area contributed by atoms with Crippen molar-refractivity contribution in [2.45, 2.75) is 52.5 Å². The van der Waals surface area contributed by atoms with Crippen molar-refractivity contribution >= 4 is 5.91 Å². The third kappa shape index (κ3) is 5.13. The van der Waals surface area contributed by atoms with Gasteiger partial charge in [-0.25, -0.2) is 0 Å². The summed E-state index contributed by atoms with van der Waals surface area (Å²) in [5.74, 6) is 0.517. The van der Waals surface area contributed by atoms with Crippen LogP contribution in [0.5, 0.6) is 0 Å². The van der Waals surface area contributed by atoms with Crippen LogP contribution in [0, 0.1) is 5.92 Å². The van der Waals surface area contributed by atoms with Gasteiger partial charge in [0, 0.05) is 30.9 Å². The molecular weight excluding hydrogens is 272 g/mol. The fraction of sp³-hybridized carbons (Fsp3) is 0.632. The van der Waals surface area contributed by atoms with E-state index in [1.54, 1.807) is 4.90 Å². The van der Waals surface area contributed by atoms with Crippen LogP contribution in [0.3, 0.4) is 0 Å². The van der Waals surface area contributed by atoms with Gasteiger partial charge in [0.2, 0.25) is 5.91 Å². The molecule has 0 atom stereocenters. The van der Waals surface area contributed by atoms with Gasteiger partial charge in [-0.3, -0.25) is 4.79 Å². The van der Waals surface area contributed by atoms with Crippen molar-refractivity contribution in [2.24, 2.45) is 5.92 Å². The first-order valence-electron chi connectivity index (χ1n) is 8.92. The van der Waals surface area contributed by atoms with Gasteiger partial charge in [-0.1, -0.05) is 44.5 Å². The Kier molecular flexibility index (Phi) is 6.91. The van der Waals surface area contributed by atoms with Crippen LogP contribution in [0.4, 0.5) is 0 Å². The van der Waals surface area contributed by atoms with Crippen LogP contribution in [0.25, 0.3) is 0 Å². The van der Waals surface area contributed by atoms with E-state index >= 15 is 0 Å². The number of likely N-dealkylation sites (tertiary alicyclic amines) is 1. The summed E-state index contributed by atoms with van der Waals surface area (Å²) in [5, 5.41) is 3.08. The smallest absolute Gasteiger partial charge is 0.223 e. The molecular formula is C19H31N2O+. The minimum Gasteiger partial charge on any atom is -0.356 e. The third-order valence-corrected chi connectivity index (χ3v) is 4.78. The number of benzene rings is 1. The summed E-state index contributed by atoms with van der Waals surface area (Å²) in [5.41, 5.74) is 2.82. The van der Waals surface area contributed by atoms with Crippen molar-refractivity contribution in [3.05, 3.63) is 35.4 Å². The number of hydrogen-bond donors (Lipinski definition) is 2. The molecule has 1 aliphatic heterocycles. The first-order chi connectivity index (χ1) is 10.7. The highest BCUT2D eigenvalue weighted by atomic mass is 16.1. The number of amides is 1. The summed E-state index contributed by atoms with van der Waals surface area (Å²) in [6.45, 7) is 8.50. The summed E-state index contributed by atoms with van der Waals surface area (Å²) < 4.78 is 0. The van der Waals surface area contributed by atoms with Crippen molar-refractivity contribution in [3.63, 3.8) is 0 Å². The molecule has 1 aliphatic rings. The van der Waals surface area contributed by atoms with Gasteiger partial charge >= 0.3 is 0 Å². The van der Waals surface area contributed by atoms with E-state index in [4.69, 9.17) is 0 Å².